The lowest BCUT2D eigenvalue weighted by molar-refractivity contribution is 0.102. The fraction of sp³-hybridized carbons (Fsp3) is 0.0909. The molecule has 4 rings (SSSR count). The number of hydrogen-bond donors (Lipinski definition) is 3. The summed E-state index contributed by atoms with van der Waals surface area (Å²) in [7, 11) is 0. The van der Waals surface area contributed by atoms with Crippen LogP contribution in [0.3, 0.4) is 0 Å². The number of nitrogens with zero attached hydrogens (tertiary/aromatic N) is 1. The third-order valence-corrected chi connectivity index (χ3v) is 4.63. The van der Waals surface area contributed by atoms with E-state index in [1.165, 1.54) is 34.9 Å². The number of benzene rings is 2. The first-order chi connectivity index (χ1) is 13.9. The molecule has 0 aliphatic rings. The van der Waals surface area contributed by atoms with Crippen LogP contribution in [-0.4, -0.2) is 20.6 Å². The predicted octanol–water partition coefficient (Wildman–Crippen LogP) is 3.76. The van der Waals surface area contributed by atoms with Crippen LogP contribution in [0.1, 0.15) is 29.1 Å². The van der Waals surface area contributed by atoms with Crippen LogP contribution in [0.5, 0.6) is 0 Å². The first kappa shape index (κ1) is 18.6. The molecule has 1 unspecified atom stereocenters. The molecular formula is C22H18FN3O3. The molecule has 2 aromatic heterocycles. The second-order valence-corrected chi connectivity index (χ2v) is 6.73. The molecule has 2 heterocycles. The van der Waals surface area contributed by atoms with Crippen molar-refractivity contribution in [3.05, 3.63) is 94.2 Å². The Balaban J connectivity index is 1.71. The molecule has 0 saturated carbocycles. The summed E-state index contributed by atoms with van der Waals surface area (Å²) in [6.45, 7) is 1.65. The lowest BCUT2D eigenvalue weighted by Crippen LogP contribution is -2.17. The Morgan fingerprint density at radius 3 is 2.59 bits per heavy atom. The van der Waals surface area contributed by atoms with E-state index in [9.17, 15) is 19.1 Å². The Kier molecular flexibility index (Phi) is 4.74. The number of anilines is 1. The summed E-state index contributed by atoms with van der Waals surface area (Å²) in [6, 6.07) is 17.1. The van der Waals surface area contributed by atoms with E-state index >= 15 is 0 Å². The zero-order valence-electron chi connectivity index (χ0n) is 15.5. The van der Waals surface area contributed by atoms with E-state index < -0.39 is 11.9 Å². The van der Waals surface area contributed by atoms with Gasteiger partial charge in [-0.2, -0.15) is 0 Å². The van der Waals surface area contributed by atoms with Crippen molar-refractivity contribution >= 4 is 22.6 Å². The number of aliphatic hydroxyl groups excluding tert-OH is 1. The summed E-state index contributed by atoms with van der Waals surface area (Å²) < 4.78 is 14.6. The van der Waals surface area contributed by atoms with E-state index in [0.29, 0.717) is 28.0 Å². The molecule has 0 spiro atoms. The average molecular weight is 391 g/mol. The van der Waals surface area contributed by atoms with Crippen LogP contribution >= 0.6 is 0 Å². The van der Waals surface area contributed by atoms with E-state index in [1.807, 2.05) is 0 Å². The third kappa shape index (κ3) is 3.68. The highest BCUT2D eigenvalue weighted by Gasteiger charge is 2.14. The topological polar surface area (TPSA) is 87.1 Å². The number of pyridine rings is 1. The number of aliphatic hydroxyl groups is 1. The van der Waals surface area contributed by atoms with Crippen LogP contribution in [0.15, 0.2) is 71.5 Å². The normalized spacial score (nSPS) is 12.1. The molecule has 0 radical (unpaired) electrons. The SMILES string of the molecule is CC(O)c1cccc(NC(=O)c2cc3ccc(=O)n(-c4ccc(F)cc4)c3[nH]2)c1. The molecule has 2 aromatic carbocycles. The first-order valence-electron chi connectivity index (χ1n) is 9.02. The number of carbonyl (C=O) groups is 1. The van der Waals surface area contributed by atoms with Crippen molar-refractivity contribution < 1.29 is 14.3 Å². The number of nitrogens with one attached hydrogen (secondary N) is 2. The summed E-state index contributed by atoms with van der Waals surface area (Å²) in [5.41, 5.74) is 2.12. The molecule has 1 atom stereocenters. The fourth-order valence-electron chi connectivity index (χ4n) is 3.16. The number of carbonyl (C=O) groups excluding carboxylic acids is 1. The van der Waals surface area contributed by atoms with Gasteiger partial charge in [-0.3, -0.25) is 14.2 Å². The maximum Gasteiger partial charge on any atom is 0.272 e. The number of halogens is 1. The molecule has 0 fully saturated rings. The van der Waals surface area contributed by atoms with Gasteiger partial charge < -0.3 is 15.4 Å². The summed E-state index contributed by atoms with van der Waals surface area (Å²) >= 11 is 0. The maximum atomic E-state index is 13.2. The van der Waals surface area contributed by atoms with Gasteiger partial charge in [0.1, 0.15) is 17.2 Å². The van der Waals surface area contributed by atoms with Crippen molar-refractivity contribution in [3.8, 4) is 5.69 Å². The fourth-order valence-corrected chi connectivity index (χ4v) is 3.16. The predicted molar refractivity (Wildman–Crippen MR) is 109 cm³/mol. The Morgan fingerprint density at radius 1 is 1.10 bits per heavy atom. The van der Waals surface area contributed by atoms with Crippen LogP contribution in [0.4, 0.5) is 10.1 Å². The molecule has 0 saturated heterocycles. The first-order valence-corrected chi connectivity index (χ1v) is 9.02. The third-order valence-electron chi connectivity index (χ3n) is 4.63. The van der Waals surface area contributed by atoms with Gasteiger partial charge in [-0.05, 0) is 61.0 Å². The summed E-state index contributed by atoms with van der Waals surface area (Å²) in [5, 5.41) is 13.1. The molecular weight excluding hydrogens is 373 g/mol. The van der Waals surface area contributed by atoms with E-state index in [1.54, 1.807) is 43.3 Å². The van der Waals surface area contributed by atoms with Crippen LogP contribution in [0.25, 0.3) is 16.7 Å². The van der Waals surface area contributed by atoms with Crippen molar-refractivity contribution in [2.75, 3.05) is 5.32 Å². The Bertz CT molecular complexity index is 1260. The number of rotatable bonds is 4. The second kappa shape index (κ2) is 7.37. The summed E-state index contributed by atoms with van der Waals surface area (Å²) in [5.74, 6) is -0.790. The lowest BCUT2D eigenvalue weighted by Gasteiger charge is -2.08. The van der Waals surface area contributed by atoms with Gasteiger partial charge in [-0.15, -0.1) is 0 Å². The van der Waals surface area contributed by atoms with Crippen LogP contribution < -0.4 is 10.9 Å². The average Bonchev–Trinajstić information content (AvgIpc) is 3.13. The van der Waals surface area contributed by atoms with E-state index in [4.69, 9.17) is 0 Å². The Hall–Kier alpha value is -3.71. The van der Waals surface area contributed by atoms with Crippen molar-refractivity contribution in [1.82, 2.24) is 9.55 Å². The molecule has 7 heteroatoms. The molecule has 0 aliphatic carbocycles. The largest absolute Gasteiger partial charge is 0.389 e. The van der Waals surface area contributed by atoms with E-state index in [0.717, 1.165) is 0 Å². The summed E-state index contributed by atoms with van der Waals surface area (Å²) in [6.07, 6.45) is -0.648. The van der Waals surface area contributed by atoms with Crippen LogP contribution in [0.2, 0.25) is 0 Å². The Labute approximate surface area is 165 Å². The number of H-pyrrole nitrogens is 1. The minimum atomic E-state index is -0.648. The molecule has 0 bridgehead atoms. The molecule has 3 N–H and O–H groups in total. The second-order valence-electron chi connectivity index (χ2n) is 6.73. The number of aromatic nitrogens is 2. The number of hydrogen-bond acceptors (Lipinski definition) is 3. The molecule has 1 amide bonds. The van der Waals surface area contributed by atoms with Gasteiger partial charge in [0.05, 0.1) is 11.8 Å². The highest BCUT2D eigenvalue weighted by Crippen LogP contribution is 2.20. The smallest absolute Gasteiger partial charge is 0.272 e. The van der Waals surface area contributed by atoms with Crippen molar-refractivity contribution in [2.45, 2.75) is 13.0 Å². The van der Waals surface area contributed by atoms with Gasteiger partial charge in [-0.1, -0.05) is 12.1 Å². The highest BCUT2D eigenvalue weighted by atomic mass is 19.1. The molecule has 146 valence electrons. The van der Waals surface area contributed by atoms with Crippen molar-refractivity contribution in [3.63, 3.8) is 0 Å². The minimum Gasteiger partial charge on any atom is -0.389 e. The monoisotopic (exact) mass is 391 g/mol. The van der Waals surface area contributed by atoms with Crippen LogP contribution in [-0.2, 0) is 0 Å². The molecule has 29 heavy (non-hydrogen) atoms. The molecule has 6 nitrogen and oxygen atoms in total. The standard InChI is InChI=1S/C22H18FN3O3/c1-13(27)14-3-2-4-17(11-14)24-22(29)19-12-15-5-10-20(28)26(21(15)25-19)18-8-6-16(23)7-9-18/h2-13,25,27H,1H3,(H,24,29). The molecule has 0 aliphatic heterocycles. The van der Waals surface area contributed by atoms with E-state index in [-0.39, 0.29) is 17.2 Å². The van der Waals surface area contributed by atoms with Gasteiger partial charge in [-0.25, -0.2) is 4.39 Å². The summed E-state index contributed by atoms with van der Waals surface area (Å²) in [4.78, 5) is 28.1. The quantitative estimate of drug-likeness (QED) is 0.495. The number of amides is 1. The van der Waals surface area contributed by atoms with Gasteiger partial charge in [0.25, 0.3) is 11.5 Å². The highest BCUT2D eigenvalue weighted by molar-refractivity contribution is 6.05. The van der Waals surface area contributed by atoms with Crippen molar-refractivity contribution in [2.24, 2.45) is 0 Å². The molecule has 4 aromatic rings. The van der Waals surface area contributed by atoms with Gasteiger partial charge >= 0.3 is 0 Å². The minimum absolute atomic E-state index is 0.268. The van der Waals surface area contributed by atoms with Gasteiger partial charge in [0.15, 0.2) is 0 Å². The zero-order valence-corrected chi connectivity index (χ0v) is 15.5. The number of aromatic amines is 1. The zero-order chi connectivity index (χ0) is 20.5. The lowest BCUT2D eigenvalue weighted by atomic mass is 10.1. The van der Waals surface area contributed by atoms with Gasteiger partial charge in [0, 0.05) is 17.1 Å². The van der Waals surface area contributed by atoms with Gasteiger partial charge in [0.2, 0.25) is 0 Å². The number of fused-ring (bicyclic) bond motifs is 1. The van der Waals surface area contributed by atoms with Crippen molar-refractivity contribution in [1.29, 1.82) is 0 Å². The van der Waals surface area contributed by atoms with E-state index in [2.05, 4.69) is 10.3 Å². The maximum absolute atomic E-state index is 13.2. The Morgan fingerprint density at radius 2 is 1.86 bits per heavy atom. The van der Waals surface area contributed by atoms with Crippen LogP contribution in [0, 0.1) is 5.82 Å².